The Kier molecular flexibility index (Phi) is 7.71. The van der Waals surface area contributed by atoms with Crippen LogP contribution in [-0.4, -0.2) is 39.5 Å². The highest BCUT2D eigenvalue weighted by Gasteiger charge is 2.27. The number of nitrogens with one attached hydrogen (secondary N) is 2. The number of carbonyl (C=O) groups excluding carboxylic acids is 2. The normalized spacial score (nSPS) is 13.4. The Morgan fingerprint density at radius 3 is 2.04 bits per heavy atom. The number of amides is 1. The van der Waals surface area contributed by atoms with Crippen molar-refractivity contribution >= 4 is 21.9 Å². The fourth-order valence-electron chi connectivity index (χ4n) is 2.64. The summed E-state index contributed by atoms with van der Waals surface area (Å²) in [7, 11) is -2.57. The molecule has 150 valence electrons. The molecule has 2 aromatic rings. The van der Waals surface area contributed by atoms with E-state index >= 15 is 0 Å². The standard InChI is InChI=1S/C20H24N2O5S/c1-15(20(24)27-2)21-19(23)18(13-16-9-5-3-6-10-16)22-28(25,26)14-17-11-7-4-8-12-17/h3-12,15,18,22H,13-14H2,1-2H3,(H,21,23). The molecule has 0 bridgehead atoms. The highest BCUT2D eigenvalue weighted by Crippen LogP contribution is 2.09. The van der Waals surface area contributed by atoms with Crippen LogP contribution in [0.1, 0.15) is 18.1 Å². The lowest BCUT2D eigenvalue weighted by atomic mass is 10.1. The first-order chi connectivity index (χ1) is 13.3. The molecule has 0 saturated carbocycles. The van der Waals surface area contributed by atoms with Gasteiger partial charge in [-0.25, -0.2) is 17.9 Å². The van der Waals surface area contributed by atoms with Crippen molar-refractivity contribution in [2.24, 2.45) is 0 Å². The second kappa shape index (κ2) is 10.0. The van der Waals surface area contributed by atoms with Crippen molar-refractivity contribution in [3.05, 3.63) is 71.8 Å². The molecule has 2 aromatic carbocycles. The lowest BCUT2D eigenvalue weighted by Gasteiger charge is -2.20. The fourth-order valence-corrected chi connectivity index (χ4v) is 3.98. The number of sulfonamides is 1. The van der Waals surface area contributed by atoms with Gasteiger partial charge in [0.25, 0.3) is 0 Å². The van der Waals surface area contributed by atoms with Gasteiger partial charge >= 0.3 is 5.97 Å². The summed E-state index contributed by atoms with van der Waals surface area (Å²) >= 11 is 0. The summed E-state index contributed by atoms with van der Waals surface area (Å²) in [6, 6.07) is 15.8. The van der Waals surface area contributed by atoms with Gasteiger partial charge in [-0.1, -0.05) is 60.7 Å². The Morgan fingerprint density at radius 1 is 0.964 bits per heavy atom. The van der Waals surface area contributed by atoms with Gasteiger partial charge in [-0.15, -0.1) is 0 Å². The summed E-state index contributed by atoms with van der Waals surface area (Å²) in [6.07, 6.45) is 0.147. The van der Waals surface area contributed by atoms with Crippen LogP contribution >= 0.6 is 0 Å². The maximum absolute atomic E-state index is 12.7. The molecular weight excluding hydrogens is 380 g/mol. The molecular formula is C20H24N2O5S. The Bertz CT molecular complexity index is 885. The van der Waals surface area contributed by atoms with E-state index in [9.17, 15) is 18.0 Å². The minimum absolute atomic E-state index is 0.147. The number of hydrogen-bond acceptors (Lipinski definition) is 5. The molecule has 0 saturated heterocycles. The monoisotopic (exact) mass is 404 g/mol. The van der Waals surface area contributed by atoms with Gasteiger partial charge in [0.15, 0.2) is 0 Å². The molecule has 0 aromatic heterocycles. The topological polar surface area (TPSA) is 102 Å². The quantitative estimate of drug-likeness (QED) is 0.615. The first kappa shape index (κ1) is 21.6. The molecule has 0 aliphatic heterocycles. The smallest absolute Gasteiger partial charge is 0.328 e. The maximum Gasteiger partial charge on any atom is 0.328 e. The van der Waals surface area contributed by atoms with Crippen LogP contribution < -0.4 is 10.0 Å². The summed E-state index contributed by atoms with van der Waals surface area (Å²) in [4.78, 5) is 24.2. The molecule has 2 atom stereocenters. The van der Waals surface area contributed by atoms with Crippen LogP contribution in [-0.2, 0) is 36.5 Å². The summed E-state index contributed by atoms with van der Waals surface area (Å²) in [5.41, 5.74) is 1.40. The van der Waals surface area contributed by atoms with Gasteiger partial charge in [-0.05, 0) is 24.5 Å². The van der Waals surface area contributed by atoms with E-state index in [1.54, 1.807) is 54.6 Å². The summed E-state index contributed by atoms with van der Waals surface area (Å²) < 4.78 is 32.3. The molecule has 0 fully saturated rings. The lowest BCUT2D eigenvalue weighted by Crippen LogP contribution is -2.52. The van der Waals surface area contributed by atoms with E-state index < -0.39 is 34.0 Å². The molecule has 7 nitrogen and oxygen atoms in total. The molecule has 0 radical (unpaired) electrons. The third kappa shape index (κ3) is 6.79. The number of methoxy groups -OCH3 is 1. The predicted octanol–water partition coefficient (Wildman–Crippen LogP) is 1.39. The predicted molar refractivity (Wildman–Crippen MR) is 106 cm³/mol. The third-order valence-electron chi connectivity index (χ3n) is 4.03. The Labute approximate surface area is 165 Å². The third-order valence-corrected chi connectivity index (χ3v) is 5.39. The molecule has 1 amide bonds. The fraction of sp³-hybridized carbons (Fsp3) is 0.300. The first-order valence-electron chi connectivity index (χ1n) is 8.77. The highest BCUT2D eigenvalue weighted by atomic mass is 32.2. The van der Waals surface area contributed by atoms with E-state index in [1.807, 2.05) is 6.07 Å². The van der Waals surface area contributed by atoms with E-state index in [-0.39, 0.29) is 12.2 Å². The summed E-state index contributed by atoms with van der Waals surface area (Å²) in [5.74, 6) is -1.46. The molecule has 2 N–H and O–H groups in total. The largest absolute Gasteiger partial charge is 0.467 e. The molecule has 0 aliphatic carbocycles. The Hall–Kier alpha value is -2.71. The summed E-state index contributed by atoms with van der Waals surface area (Å²) in [5, 5.41) is 2.50. The van der Waals surface area contributed by atoms with E-state index in [0.717, 1.165) is 5.56 Å². The van der Waals surface area contributed by atoms with E-state index in [1.165, 1.54) is 14.0 Å². The Balaban J connectivity index is 2.17. The molecule has 8 heteroatoms. The maximum atomic E-state index is 12.7. The van der Waals surface area contributed by atoms with Gasteiger partial charge in [0, 0.05) is 0 Å². The van der Waals surface area contributed by atoms with E-state index in [4.69, 9.17) is 0 Å². The summed E-state index contributed by atoms with van der Waals surface area (Å²) in [6.45, 7) is 1.47. The SMILES string of the molecule is COC(=O)C(C)NC(=O)C(Cc1ccccc1)NS(=O)(=O)Cc1ccccc1. The van der Waals surface area contributed by atoms with E-state index in [0.29, 0.717) is 5.56 Å². The van der Waals surface area contributed by atoms with E-state index in [2.05, 4.69) is 14.8 Å². The number of hydrogen-bond donors (Lipinski definition) is 2. The second-order valence-electron chi connectivity index (χ2n) is 6.36. The molecule has 2 rings (SSSR count). The second-order valence-corrected chi connectivity index (χ2v) is 8.11. The van der Waals surface area contributed by atoms with Gasteiger partial charge in [0.1, 0.15) is 12.1 Å². The number of esters is 1. The van der Waals surface area contributed by atoms with Crippen molar-refractivity contribution in [3.8, 4) is 0 Å². The molecule has 28 heavy (non-hydrogen) atoms. The van der Waals surface area contributed by atoms with Crippen molar-refractivity contribution in [1.29, 1.82) is 0 Å². The number of carbonyl (C=O) groups is 2. The van der Waals surface area contributed by atoms with Gasteiger partial charge in [-0.2, -0.15) is 0 Å². The van der Waals surface area contributed by atoms with Crippen LogP contribution in [0, 0.1) is 0 Å². The van der Waals surface area contributed by atoms with Crippen molar-refractivity contribution in [2.45, 2.75) is 31.2 Å². The van der Waals surface area contributed by atoms with Gasteiger partial charge < -0.3 is 10.1 Å². The minimum Gasteiger partial charge on any atom is -0.467 e. The zero-order valence-corrected chi connectivity index (χ0v) is 16.6. The average molecular weight is 404 g/mol. The van der Waals surface area contributed by atoms with Crippen LogP contribution in [0.4, 0.5) is 0 Å². The van der Waals surface area contributed by atoms with Crippen molar-refractivity contribution in [1.82, 2.24) is 10.0 Å². The minimum atomic E-state index is -3.79. The van der Waals surface area contributed by atoms with Crippen molar-refractivity contribution < 1.29 is 22.7 Å². The van der Waals surface area contributed by atoms with Gasteiger partial charge in [0.05, 0.1) is 12.9 Å². The Morgan fingerprint density at radius 2 is 1.50 bits per heavy atom. The molecule has 0 spiro atoms. The van der Waals surface area contributed by atoms with Crippen LogP contribution in [0.15, 0.2) is 60.7 Å². The molecule has 0 aliphatic rings. The lowest BCUT2D eigenvalue weighted by molar-refractivity contribution is -0.144. The molecule has 0 heterocycles. The zero-order chi connectivity index (χ0) is 20.6. The van der Waals surface area contributed by atoms with Crippen LogP contribution in [0.3, 0.4) is 0 Å². The highest BCUT2D eigenvalue weighted by molar-refractivity contribution is 7.88. The number of ether oxygens (including phenoxy) is 1. The van der Waals surface area contributed by atoms with Gasteiger partial charge in [0.2, 0.25) is 15.9 Å². The zero-order valence-electron chi connectivity index (χ0n) is 15.8. The van der Waals surface area contributed by atoms with Crippen LogP contribution in [0.2, 0.25) is 0 Å². The average Bonchev–Trinajstić information content (AvgIpc) is 2.67. The van der Waals surface area contributed by atoms with Crippen LogP contribution in [0.25, 0.3) is 0 Å². The first-order valence-corrected chi connectivity index (χ1v) is 10.4. The number of benzene rings is 2. The number of rotatable bonds is 9. The molecule has 2 unspecified atom stereocenters. The van der Waals surface area contributed by atoms with Crippen molar-refractivity contribution in [2.75, 3.05) is 7.11 Å². The van der Waals surface area contributed by atoms with Crippen LogP contribution in [0.5, 0.6) is 0 Å². The van der Waals surface area contributed by atoms with Crippen molar-refractivity contribution in [3.63, 3.8) is 0 Å². The van der Waals surface area contributed by atoms with Gasteiger partial charge in [-0.3, -0.25) is 4.79 Å².